The van der Waals surface area contributed by atoms with E-state index in [1.807, 2.05) is 35.9 Å². The van der Waals surface area contributed by atoms with Crippen molar-refractivity contribution in [2.75, 3.05) is 7.11 Å². The van der Waals surface area contributed by atoms with Crippen LogP contribution < -0.4 is 9.46 Å². The van der Waals surface area contributed by atoms with Gasteiger partial charge in [0, 0.05) is 17.3 Å². The number of sulfonamides is 1. The zero-order valence-electron chi connectivity index (χ0n) is 16.4. The van der Waals surface area contributed by atoms with Gasteiger partial charge in [0.15, 0.2) is 0 Å². The number of amides is 1. The number of hydrogen-bond donors (Lipinski definition) is 1. The second-order valence-corrected chi connectivity index (χ2v) is 8.08. The Morgan fingerprint density at radius 1 is 1.10 bits per heavy atom. The molecule has 2 aromatic rings. The molecule has 0 aliphatic rings. The minimum atomic E-state index is -4.12. The van der Waals surface area contributed by atoms with Crippen molar-refractivity contribution >= 4 is 45.3 Å². The fraction of sp³-hybridized carbons (Fsp3) is 0.200. The number of nitrogens with one attached hydrogen (secondary N) is 1. The summed E-state index contributed by atoms with van der Waals surface area (Å²) < 4.78 is 31.3. The van der Waals surface area contributed by atoms with Gasteiger partial charge in [-0.25, -0.2) is 13.1 Å². The molecule has 1 N–H and O–H groups in total. The summed E-state index contributed by atoms with van der Waals surface area (Å²) in [5.41, 5.74) is 1.23. The number of hydrogen-bond acceptors (Lipinski definition) is 5. The Morgan fingerprint density at radius 2 is 1.72 bits per heavy atom. The van der Waals surface area contributed by atoms with Gasteiger partial charge in [0.1, 0.15) is 16.3 Å². The van der Waals surface area contributed by atoms with Gasteiger partial charge in [0.25, 0.3) is 15.9 Å². The molecule has 156 valence electrons. The summed E-state index contributed by atoms with van der Waals surface area (Å²) in [5, 5.41) is 0.785. The van der Waals surface area contributed by atoms with E-state index in [0.29, 0.717) is 5.75 Å². The zero-order chi connectivity index (χ0) is 22.0. The molecular weight excluding hydrogens is 435 g/mol. The molecule has 0 spiro atoms. The van der Waals surface area contributed by atoms with Gasteiger partial charge in [-0.05, 0) is 45.0 Å². The number of aryl methyl sites for hydroxylation is 1. The van der Waals surface area contributed by atoms with Crippen molar-refractivity contribution in [2.45, 2.75) is 25.7 Å². The molecule has 0 heterocycles. The van der Waals surface area contributed by atoms with Crippen LogP contribution in [-0.4, -0.2) is 27.6 Å². The lowest BCUT2D eigenvalue weighted by Gasteiger charge is -2.10. The van der Waals surface area contributed by atoms with Crippen molar-refractivity contribution in [3.05, 3.63) is 69.8 Å². The molecule has 1 amide bonds. The van der Waals surface area contributed by atoms with Crippen LogP contribution in [0.5, 0.6) is 5.75 Å². The van der Waals surface area contributed by atoms with E-state index in [2.05, 4.69) is 4.99 Å². The van der Waals surface area contributed by atoms with E-state index in [1.54, 1.807) is 13.8 Å². The number of methoxy groups -OCH3 is 1. The van der Waals surface area contributed by atoms with Gasteiger partial charge in [-0.2, -0.15) is 0 Å². The van der Waals surface area contributed by atoms with Crippen LogP contribution in [-0.2, 0) is 14.8 Å². The summed E-state index contributed by atoms with van der Waals surface area (Å²) in [5.74, 6) is -0.528. The van der Waals surface area contributed by atoms with Crippen LogP contribution in [0.25, 0.3) is 0 Å². The summed E-state index contributed by atoms with van der Waals surface area (Å²) in [6.07, 6.45) is 2.79. The average molecular weight is 457 g/mol. The molecule has 0 unspecified atom stereocenters. The molecule has 29 heavy (non-hydrogen) atoms. The van der Waals surface area contributed by atoms with Crippen LogP contribution in [0.1, 0.15) is 19.4 Å². The average Bonchev–Trinajstić information content (AvgIpc) is 2.68. The fourth-order valence-corrected chi connectivity index (χ4v) is 3.59. The Bertz CT molecular complexity index is 981. The van der Waals surface area contributed by atoms with Crippen LogP contribution in [0, 0.1) is 6.92 Å². The maximum absolute atomic E-state index is 12.2. The number of aliphatic imine (C=N–C) groups is 1. The van der Waals surface area contributed by atoms with E-state index < -0.39 is 15.9 Å². The first-order valence-corrected chi connectivity index (χ1v) is 10.7. The number of nitrogens with zero attached hydrogens (tertiary/aromatic N) is 1. The number of rotatable bonds is 5. The smallest absolute Gasteiger partial charge is 0.283 e. The molecule has 0 aliphatic carbocycles. The third-order valence-corrected chi connectivity index (χ3v) is 5.50. The minimum absolute atomic E-state index is 0.0138. The molecule has 9 heteroatoms. The fourth-order valence-electron chi connectivity index (χ4n) is 1.98. The van der Waals surface area contributed by atoms with Crippen molar-refractivity contribution in [1.29, 1.82) is 0 Å². The van der Waals surface area contributed by atoms with Crippen LogP contribution >= 0.6 is 23.2 Å². The first-order valence-electron chi connectivity index (χ1n) is 8.42. The third-order valence-electron chi connectivity index (χ3n) is 3.44. The maximum atomic E-state index is 12.2. The summed E-state index contributed by atoms with van der Waals surface area (Å²) in [4.78, 5) is 15.4. The number of ether oxygens (including phenoxy) is 1. The molecule has 0 aliphatic heterocycles. The lowest BCUT2D eigenvalue weighted by Crippen LogP contribution is -2.31. The molecular formula is C20H22Cl2N2O4S. The number of allylic oxidation sites excluding steroid dienone is 1. The minimum Gasteiger partial charge on any atom is -0.497 e. The lowest BCUT2D eigenvalue weighted by molar-refractivity contribution is -0.115. The third kappa shape index (κ3) is 7.89. The van der Waals surface area contributed by atoms with Gasteiger partial charge in [-0.1, -0.05) is 47.0 Å². The highest BCUT2D eigenvalue weighted by atomic mass is 35.5. The Morgan fingerprint density at radius 3 is 2.21 bits per heavy atom. The van der Waals surface area contributed by atoms with E-state index in [-0.39, 0.29) is 15.6 Å². The monoisotopic (exact) mass is 456 g/mol. The molecule has 0 atom stereocenters. The van der Waals surface area contributed by atoms with Crippen LogP contribution in [0.2, 0.25) is 10.0 Å². The van der Waals surface area contributed by atoms with Crippen LogP contribution in [0.15, 0.2) is 64.1 Å². The molecule has 0 saturated heterocycles. The molecule has 0 fully saturated rings. The zero-order valence-corrected chi connectivity index (χ0v) is 18.8. The topological polar surface area (TPSA) is 84.8 Å². The Kier molecular flexibility index (Phi) is 9.88. The first kappa shape index (κ1) is 24.7. The number of carbonyl (C=O) groups excluding carboxylic acids is 1. The van der Waals surface area contributed by atoms with Gasteiger partial charge >= 0.3 is 0 Å². The summed E-state index contributed by atoms with van der Waals surface area (Å²) in [6.45, 7) is 5.23. The number of benzene rings is 2. The maximum Gasteiger partial charge on any atom is 0.283 e. The quantitative estimate of drug-likeness (QED) is 0.517. The first-order chi connectivity index (χ1) is 13.6. The lowest BCUT2D eigenvalue weighted by atomic mass is 10.2. The van der Waals surface area contributed by atoms with Crippen LogP contribution in [0.4, 0.5) is 0 Å². The molecule has 0 aromatic heterocycles. The van der Waals surface area contributed by atoms with Crippen LogP contribution in [0.3, 0.4) is 0 Å². The molecule has 2 aromatic carbocycles. The SMILES string of the molecule is CC=N/C(=C\C)C(=O)NS(=O)(=O)c1cc(OC)ccc1Cl.Cc1ccc(Cl)cc1. The molecule has 0 radical (unpaired) electrons. The Balaban J connectivity index is 0.000000436. The second-order valence-electron chi connectivity index (χ2n) is 5.59. The summed E-state index contributed by atoms with van der Waals surface area (Å²) in [7, 11) is -2.73. The van der Waals surface area contributed by atoms with Gasteiger partial charge in [0.05, 0.1) is 12.1 Å². The van der Waals surface area contributed by atoms with Gasteiger partial charge in [-0.15, -0.1) is 0 Å². The molecule has 2 rings (SSSR count). The van der Waals surface area contributed by atoms with Crippen molar-refractivity contribution in [2.24, 2.45) is 4.99 Å². The standard InChI is InChI=1S/C13H15ClN2O4S.C7H7Cl/c1-4-11(15-5-2)13(17)16-21(18,19)12-8-9(20-3)6-7-10(12)14;1-6-2-4-7(8)5-3-6/h4-8H,1-3H3,(H,16,17);2-5H,1H3/b11-4-,15-5?;. The Labute approximate surface area is 181 Å². The predicted octanol–water partition coefficient (Wildman–Crippen LogP) is 4.80. The highest BCUT2D eigenvalue weighted by Gasteiger charge is 2.23. The highest BCUT2D eigenvalue weighted by molar-refractivity contribution is 7.90. The van der Waals surface area contributed by atoms with E-state index in [9.17, 15) is 13.2 Å². The predicted molar refractivity (Wildman–Crippen MR) is 117 cm³/mol. The van der Waals surface area contributed by atoms with E-state index in [0.717, 1.165) is 5.02 Å². The van der Waals surface area contributed by atoms with Crippen molar-refractivity contribution in [3.8, 4) is 5.75 Å². The summed E-state index contributed by atoms with van der Waals surface area (Å²) in [6, 6.07) is 11.9. The number of carbonyl (C=O) groups is 1. The molecule has 0 bridgehead atoms. The number of halogens is 2. The van der Waals surface area contributed by atoms with Gasteiger partial charge < -0.3 is 4.74 Å². The van der Waals surface area contributed by atoms with Crippen molar-refractivity contribution < 1.29 is 17.9 Å². The van der Waals surface area contributed by atoms with Crippen molar-refractivity contribution in [1.82, 2.24) is 4.72 Å². The largest absolute Gasteiger partial charge is 0.497 e. The van der Waals surface area contributed by atoms with Crippen molar-refractivity contribution in [3.63, 3.8) is 0 Å². The molecule has 6 nitrogen and oxygen atoms in total. The van der Waals surface area contributed by atoms with E-state index >= 15 is 0 Å². The summed E-state index contributed by atoms with van der Waals surface area (Å²) >= 11 is 11.5. The van der Waals surface area contributed by atoms with E-state index in [4.69, 9.17) is 27.9 Å². The van der Waals surface area contributed by atoms with Gasteiger partial charge in [0.2, 0.25) is 0 Å². The normalized spacial score (nSPS) is 11.6. The Hall–Kier alpha value is -2.35. The molecule has 0 saturated carbocycles. The van der Waals surface area contributed by atoms with Gasteiger partial charge in [-0.3, -0.25) is 9.79 Å². The van der Waals surface area contributed by atoms with E-state index in [1.165, 1.54) is 43.2 Å². The second kappa shape index (κ2) is 11.6. The highest BCUT2D eigenvalue weighted by Crippen LogP contribution is 2.26.